The summed E-state index contributed by atoms with van der Waals surface area (Å²) in [6, 6.07) is 3.12. The second kappa shape index (κ2) is 12.7. The van der Waals surface area contributed by atoms with Gasteiger partial charge in [0, 0.05) is 58.9 Å². The van der Waals surface area contributed by atoms with E-state index in [9.17, 15) is 8.42 Å². The number of nitrogens with one attached hydrogen (secondary N) is 2. The van der Waals surface area contributed by atoms with E-state index in [2.05, 4.69) is 24.9 Å². The van der Waals surface area contributed by atoms with E-state index >= 15 is 0 Å². The molecule has 2 N–H and O–H groups in total. The summed E-state index contributed by atoms with van der Waals surface area (Å²) in [7, 11) is -1.86. The van der Waals surface area contributed by atoms with E-state index in [0.717, 1.165) is 58.1 Å². The van der Waals surface area contributed by atoms with Crippen LogP contribution in [0.25, 0.3) is 0 Å². The molecule has 164 valence electrons. The molecular weight excluding hydrogens is 394 g/mol. The topological polar surface area (TPSA) is 105 Å². The number of ether oxygens (including phenoxy) is 2. The van der Waals surface area contributed by atoms with Crippen LogP contribution in [0, 0.1) is 0 Å². The first-order valence-electron chi connectivity index (χ1n) is 10.1. The molecule has 0 aliphatic carbocycles. The number of aliphatic imine (C=N–C) groups is 1. The first-order chi connectivity index (χ1) is 14.1. The Morgan fingerprint density at radius 1 is 1.34 bits per heavy atom. The van der Waals surface area contributed by atoms with Crippen LogP contribution < -0.4 is 10.0 Å². The molecule has 9 nitrogen and oxygen atoms in total. The summed E-state index contributed by atoms with van der Waals surface area (Å²) in [5, 5.41) is 3.29. The molecule has 0 bridgehead atoms. The third-order valence-corrected chi connectivity index (χ3v) is 5.98. The van der Waals surface area contributed by atoms with Crippen LogP contribution in [0.2, 0.25) is 0 Å². The van der Waals surface area contributed by atoms with Crippen molar-refractivity contribution in [2.24, 2.45) is 4.99 Å². The van der Waals surface area contributed by atoms with E-state index in [1.807, 2.05) is 6.92 Å². The van der Waals surface area contributed by atoms with Gasteiger partial charge in [-0.2, -0.15) is 0 Å². The highest BCUT2D eigenvalue weighted by molar-refractivity contribution is 7.89. The highest BCUT2D eigenvalue weighted by atomic mass is 32.2. The van der Waals surface area contributed by atoms with Crippen molar-refractivity contribution in [2.75, 3.05) is 53.0 Å². The smallest absolute Gasteiger partial charge is 0.242 e. The Labute approximate surface area is 173 Å². The van der Waals surface area contributed by atoms with Gasteiger partial charge in [0.1, 0.15) is 4.90 Å². The molecule has 1 saturated heterocycles. The highest BCUT2D eigenvalue weighted by Crippen LogP contribution is 2.14. The fourth-order valence-corrected chi connectivity index (χ4v) is 4.03. The van der Waals surface area contributed by atoms with Crippen molar-refractivity contribution in [2.45, 2.75) is 37.2 Å². The minimum Gasteiger partial charge on any atom is -0.385 e. The highest BCUT2D eigenvalue weighted by Gasteiger charge is 2.22. The molecule has 1 aromatic rings. The van der Waals surface area contributed by atoms with Crippen molar-refractivity contribution in [1.29, 1.82) is 0 Å². The first-order valence-corrected chi connectivity index (χ1v) is 11.6. The van der Waals surface area contributed by atoms with Gasteiger partial charge in [0.15, 0.2) is 5.96 Å². The van der Waals surface area contributed by atoms with Crippen LogP contribution >= 0.6 is 0 Å². The molecule has 29 heavy (non-hydrogen) atoms. The van der Waals surface area contributed by atoms with Gasteiger partial charge in [-0.05, 0) is 38.3 Å². The summed E-state index contributed by atoms with van der Waals surface area (Å²) in [5.41, 5.74) is 0. The SMILES string of the molecule is CCNC(=NCCNS(=O)(=O)c1cccnc1)N1CCC(OCCCOC)CC1. The number of likely N-dealkylation sites (tertiary alicyclic amines) is 1. The minimum absolute atomic E-state index is 0.156. The summed E-state index contributed by atoms with van der Waals surface area (Å²) in [6.45, 7) is 6.54. The monoisotopic (exact) mass is 427 g/mol. The molecule has 2 rings (SSSR count). The second-order valence-corrected chi connectivity index (χ2v) is 8.49. The van der Waals surface area contributed by atoms with Gasteiger partial charge in [-0.1, -0.05) is 0 Å². The number of rotatable bonds is 11. The number of methoxy groups -OCH3 is 1. The molecule has 0 spiro atoms. The summed E-state index contributed by atoms with van der Waals surface area (Å²) in [4.78, 5) is 10.8. The maximum atomic E-state index is 12.2. The largest absolute Gasteiger partial charge is 0.385 e. The van der Waals surface area contributed by atoms with Gasteiger partial charge in [-0.3, -0.25) is 9.98 Å². The Bertz CT molecular complexity index is 707. The Balaban J connectivity index is 1.78. The number of sulfonamides is 1. The number of hydrogen-bond donors (Lipinski definition) is 2. The summed E-state index contributed by atoms with van der Waals surface area (Å²) in [6.07, 6.45) is 5.96. The number of pyridine rings is 1. The van der Waals surface area contributed by atoms with E-state index < -0.39 is 10.0 Å². The van der Waals surface area contributed by atoms with Gasteiger partial charge in [-0.15, -0.1) is 0 Å². The van der Waals surface area contributed by atoms with Crippen molar-refractivity contribution >= 4 is 16.0 Å². The van der Waals surface area contributed by atoms with E-state index in [4.69, 9.17) is 9.47 Å². The molecule has 1 aliphatic rings. The number of guanidine groups is 1. The lowest BCUT2D eigenvalue weighted by atomic mass is 10.1. The van der Waals surface area contributed by atoms with E-state index in [1.54, 1.807) is 19.4 Å². The molecular formula is C19H33N5O4S. The lowest BCUT2D eigenvalue weighted by Gasteiger charge is -2.34. The third-order valence-electron chi connectivity index (χ3n) is 4.53. The lowest BCUT2D eigenvalue weighted by molar-refractivity contribution is 0.00991. The summed E-state index contributed by atoms with van der Waals surface area (Å²) in [5.74, 6) is 0.811. The molecule has 0 unspecified atom stereocenters. The molecule has 0 amide bonds. The number of nitrogens with zero attached hydrogens (tertiary/aromatic N) is 3. The zero-order chi connectivity index (χ0) is 21.0. The maximum absolute atomic E-state index is 12.2. The van der Waals surface area contributed by atoms with Crippen molar-refractivity contribution < 1.29 is 17.9 Å². The predicted molar refractivity (Wildman–Crippen MR) is 112 cm³/mol. The molecule has 1 aromatic heterocycles. The van der Waals surface area contributed by atoms with Crippen molar-refractivity contribution in [1.82, 2.24) is 19.9 Å². The molecule has 0 saturated carbocycles. The van der Waals surface area contributed by atoms with E-state index in [-0.39, 0.29) is 17.5 Å². The average molecular weight is 428 g/mol. The van der Waals surface area contributed by atoms with Gasteiger partial charge in [0.25, 0.3) is 0 Å². The van der Waals surface area contributed by atoms with Crippen molar-refractivity contribution in [3.63, 3.8) is 0 Å². The van der Waals surface area contributed by atoms with Crippen LogP contribution in [0.3, 0.4) is 0 Å². The second-order valence-electron chi connectivity index (χ2n) is 6.73. The third kappa shape index (κ3) is 8.25. The molecule has 2 heterocycles. The fourth-order valence-electron chi connectivity index (χ4n) is 3.04. The Morgan fingerprint density at radius 2 is 2.14 bits per heavy atom. The van der Waals surface area contributed by atoms with Gasteiger partial charge in [0.2, 0.25) is 10.0 Å². The van der Waals surface area contributed by atoms with Gasteiger partial charge >= 0.3 is 0 Å². The van der Waals surface area contributed by atoms with Crippen LogP contribution in [0.1, 0.15) is 26.2 Å². The Hall–Kier alpha value is -1.75. The molecule has 1 aliphatic heterocycles. The number of aromatic nitrogens is 1. The number of hydrogen-bond acceptors (Lipinski definition) is 6. The van der Waals surface area contributed by atoms with Crippen LogP contribution in [0.5, 0.6) is 0 Å². The van der Waals surface area contributed by atoms with Gasteiger partial charge in [0.05, 0.1) is 12.6 Å². The zero-order valence-electron chi connectivity index (χ0n) is 17.3. The standard InChI is InChI=1S/C19H33N5O4S/c1-3-21-19(24-12-7-17(8-13-24)28-15-5-14-27-2)22-10-11-23-29(25,26)18-6-4-9-20-16-18/h4,6,9,16-17,23H,3,5,7-8,10-15H2,1-2H3,(H,21,22). The predicted octanol–water partition coefficient (Wildman–Crippen LogP) is 0.843. The molecule has 10 heteroatoms. The van der Waals surface area contributed by atoms with E-state index in [0.29, 0.717) is 6.54 Å². The molecule has 1 fully saturated rings. The van der Waals surface area contributed by atoms with Crippen LogP contribution in [0.15, 0.2) is 34.4 Å². The molecule has 0 radical (unpaired) electrons. The maximum Gasteiger partial charge on any atom is 0.242 e. The average Bonchev–Trinajstić information content (AvgIpc) is 2.74. The van der Waals surface area contributed by atoms with E-state index in [1.165, 1.54) is 12.3 Å². The minimum atomic E-state index is -3.56. The molecule has 0 atom stereocenters. The molecule has 0 aromatic carbocycles. The Morgan fingerprint density at radius 3 is 2.79 bits per heavy atom. The first kappa shape index (κ1) is 23.5. The zero-order valence-corrected chi connectivity index (χ0v) is 18.2. The van der Waals surface area contributed by atoms with Crippen molar-refractivity contribution in [3.05, 3.63) is 24.5 Å². The number of piperidine rings is 1. The normalized spacial score (nSPS) is 16.2. The van der Waals surface area contributed by atoms with Crippen LogP contribution in [-0.4, -0.2) is 83.4 Å². The fraction of sp³-hybridized carbons (Fsp3) is 0.684. The lowest BCUT2D eigenvalue weighted by Crippen LogP contribution is -2.47. The van der Waals surface area contributed by atoms with Gasteiger partial charge in [-0.25, -0.2) is 13.1 Å². The van der Waals surface area contributed by atoms with Crippen molar-refractivity contribution in [3.8, 4) is 0 Å². The summed E-state index contributed by atoms with van der Waals surface area (Å²) >= 11 is 0. The Kier molecular flexibility index (Phi) is 10.3. The van der Waals surface area contributed by atoms with Crippen LogP contribution in [-0.2, 0) is 19.5 Å². The van der Waals surface area contributed by atoms with Crippen LogP contribution in [0.4, 0.5) is 0 Å². The van der Waals surface area contributed by atoms with Gasteiger partial charge < -0.3 is 19.7 Å². The quantitative estimate of drug-likeness (QED) is 0.306. The summed E-state index contributed by atoms with van der Waals surface area (Å²) < 4.78 is 37.9.